The van der Waals surface area contributed by atoms with Crippen molar-refractivity contribution in [1.82, 2.24) is 25.1 Å². The van der Waals surface area contributed by atoms with Crippen LogP contribution in [0.3, 0.4) is 0 Å². The minimum atomic E-state index is -0.192. The van der Waals surface area contributed by atoms with Gasteiger partial charge >= 0.3 is 0 Å². The quantitative estimate of drug-likeness (QED) is 0.940. The first-order chi connectivity index (χ1) is 9.27. The summed E-state index contributed by atoms with van der Waals surface area (Å²) in [4.78, 5) is 23.4. The first-order valence-corrected chi connectivity index (χ1v) is 7.18. The number of H-pyrrole nitrogens is 1. The van der Waals surface area contributed by atoms with E-state index in [9.17, 15) is 4.79 Å². The third kappa shape index (κ3) is 3.22. The maximum absolute atomic E-state index is 12.3. The average molecular weight is 293 g/mol. The predicted octanol–water partition coefficient (Wildman–Crippen LogP) is 2.14. The number of amides is 1. The molecule has 7 heteroatoms. The van der Waals surface area contributed by atoms with E-state index in [1.807, 2.05) is 27.7 Å². The maximum Gasteiger partial charge on any atom is 0.293 e. The zero-order valence-electron chi connectivity index (χ0n) is 12.4. The Bertz CT molecular complexity index is 610. The van der Waals surface area contributed by atoms with E-state index < -0.39 is 0 Å². The monoisotopic (exact) mass is 293 g/mol. The molecular formula is C13H19N5OS. The van der Waals surface area contributed by atoms with Crippen molar-refractivity contribution >= 4 is 17.2 Å². The van der Waals surface area contributed by atoms with Gasteiger partial charge in [-0.1, -0.05) is 20.8 Å². The van der Waals surface area contributed by atoms with Gasteiger partial charge in [0.1, 0.15) is 5.82 Å². The van der Waals surface area contributed by atoms with Gasteiger partial charge in [-0.25, -0.2) is 9.97 Å². The number of nitrogens with one attached hydrogen (secondary N) is 1. The maximum atomic E-state index is 12.3. The lowest BCUT2D eigenvalue weighted by Gasteiger charge is -2.14. The van der Waals surface area contributed by atoms with E-state index >= 15 is 0 Å². The van der Waals surface area contributed by atoms with Crippen LogP contribution in [0.5, 0.6) is 0 Å². The fourth-order valence-corrected chi connectivity index (χ4v) is 2.50. The molecule has 0 fully saturated rings. The number of aromatic nitrogens is 4. The largest absolute Gasteiger partial charge is 0.334 e. The second kappa shape index (κ2) is 5.32. The van der Waals surface area contributed by atoms with Crippen LogP contribution < -0.4 is 0 Å². The normalized spacial score (nSPS) is 11.7. The zero-order valence-corrected chi connectivity index (χ0v) is 13.2. The van der Waals surface area contributed by atoms with Gasteiger partial charge in [0, 0.05) is 23.5 Å². The minimum Gasteiger partial charge on any atom is -0.334 e. The summed E-state index contributed by atoms with van der Waals surface area (Å²) in [6, 6.07) is 0. The molecule has 0 aromatic carbocycles. The van der Waals surface area contributed by atoms with Crippen molar-refractivity contribution in [3.63, 3.8) is 0 Å². The standard InChI is InChI=1S/C13H19N5OS/c1-8-14-6-9(20-8)7-18(5)11(19)10-15-12(17-16-10)13(2,3)4/h6H,7H2,1-5H3,(H,15,16,17). The van der Waals surface area contributed by atoms with Crippen molar-refractivity contribution in [3.05, 3.63) is 27.7 Å². The fourth-order valence-electron chi connectivity index (χ4n) is 1.65. The molecule has 0 unspecified atom stereocenters. The lowest BCUT2D eigenvalue weighted by atomic mass is 9.96. The van der Waals surface area contributed by atoms with Crippen LogP contribution in [0.1, 0.15) is 47.1 Å². The van der Waals surface area contributed by atoms with Crippen molar-refractivity contribution < 1.29 is 4.79 Å². The molecule has 0 spiro atoms. The first-order valence-electron chi connectivity index (χ1n) is 6.37. The molecule has 6 nitrogen and oxygen atoms in total. The highest BCUT2D eigenvalue weighted by Gasteiger charge is 2.23. The Morgan fingerprint density at radius 2 is 2.15 bits per heavy atom. The van der Waals surface area contributed by atoms with Gasteiger partial charge in [0.25, 0.3) is 5.91 Å². The van der Waals surface area contributed by atoms with Crippen LogP contribution in [0.2, 0.25) is 0 Å². The van der Waals surface area contributed by atoms with E-state index in [4.69, 9.17) is 0 Å². The highest BCUT2D eigenvalue weighted by Crippen LogP contribution is 2.18. The summed E-state index contributed by atoms with van der Waals surface area (Å²) in [5.74, 6) is 0.726. The number of carbonyl (C=O) groups excluding carboxylic acids is 1. The van der Waals surface area contributed by atoms with Crippen LogP contribution in [0.4, 0.5) is 0 Å². The van der Waals surface area contributed by atoms with E-state index in [2.05, 4.69) is 20.2 Å². The van der Waals surface area contributed by atoms with Crippen molar-refractivity contribution in [3.8, 4) is 0 Å². The number of carbonyl (C=O) groups is 1. The van der Waals surface area contributed by atoms with Gasteiger partial charge in [-0.05, 0) is 6.92 Å². The molecule has 0 aliphatic carbocycles. The fraction of sp³-hybridized carbons (Fsp3) is 0.538. The molecule has 108 valence electrons. The Labute approximate surface area is 122 Å². The number of aromatic amines is 1. The number of hydrogen-bond acceptors (Lipinski definition) is 5. The summed E-state index contributed by atoms with van der Waals surface area (Å²) < 4.78 is 0. The van der Waals surface area contributed by atoms with Crippen LogP contribution in [-0.4, -0.2) is 38.0 Å². The van der Waals surface area contributed by atoms with E-state index in [1.54, 1.807) is 29.5 Å². The number of thiazole rings is 1. The predicted molar refractivity (Wildman–Crippen MR) is 77.7 cm³/mol. The average Bonchev–Trinajstić information content (AvgIpc) is 2.96. The lowest BCUT2D eigenvalue weighted by molar-refractivity contribution is 0.0774. The molecule has 0 radical (unpaired) electrons. The number of nitrogens with zero attached hydrogens (tertiary/aromatic N) is 4. The molecule has 2 heterocycles. The van der Waals surface area contributed by atoms with E-state index in [1.165, 1.54) is 0 Å². The second-order valence-corrected chi connectivity index (χ2v) is 7.08. The van der Waals surface area contributed by atoms with Gasteiger partial charge in [-0.2, -0.15) is 0 Å². The van der Waals surface area contributed by atoms with E-state index in [0.29, 0.717) is 12.4 Å². The van der Waals surface area contributed by atoms with E-state index in [-0.39, 0.29) is 17.1 Å². The molecule has 0 aliphatic heterocycles. The Morgan fingerprint density at radius 1 is 1.45 bits per heavy atom. The topological polar surface area (TPSA) is 74.8 Å². The van der Waals surface area contributed by atoms with Gasteiger partial charge in [0.15, 0.2) is 0 Å². The van der Waals surface area contributed by atoms with Gasteiger partial charge in [0.05, 0.1) is 11.6 Å². The van der Waals surface area contributed by atoms with Gasteiger partial charge in [0.2, 0.25) is 5.82 Å². The summed E-state index contributed by atoms with van der Waals surface area (Å²) in [5, 5.41) is 7.84. The molecule has 1 N–H and O–H groups in total. The number of rotatable bonds is 3. The van der Waals surface area contributed by atoms with E-state index in [0.717, 1.165) is 9.88 Å². The molecule has 20 heavy (non-hydrogen) atoms. The Hall–Kier alpha value is -1.76. The molecule has 0 bridgehead atoms. The molecule has 0 atom stereocenters. The number of hydrogen-bond donors (Lipinski definition) is 1. The molecule has 2 aromatic heterocycles. The summed E-state index contributed by atoms with van der Waals surface area (Å²) in [7, 11) is 1.74. The van der Waals surface area contributed by atoms with Crippen molar-refractivity contribution in [1.29, 1.82) is 0 Å². The van der Waals surface area contributed by atoms with Crippen LogP contribution in [-0.2, 0) is 12.0 Å². The third-order valence-corrected chi connectivity index (χ3v) is 3.69. The molecule has 1 amide bonds. The summed E-state index contributed by atoms with van der Waals surface area (Å²) in [6.07, 6.45) is 1.79. The highest BCUT2D eigenvalue weighted by atomic mass is 32.1. The van der Waals surface area contributed by atoms with Crippen LogP contribution in [0.15, 0.2) is 6.20 Å². The summed E-state index contributed by atoms with van der Waals surface area (Å²) in [5.41, 5.74) is -0.154. The second-order valence-electron chi connectivity index (χ2n) is 5.76. The van der Waals surface area contributed by atoms with Crippen molar-refractivity contribution in [2.75, 3.05) is 7.05 Å². The summed E-state index contributed by atoms with van der Waals surface area (Å²) in [6.45, 7) is 8.52. The third-order valence-electron chi connectivity index (χ3n) is 2.80. The molecule has 0 saturated heterocycles. The zero-order chi connectivity index (χ0) is 14.9. The Morgan fingerprint density at radius 3 is 2.65 bits per heavy atom. The van der Waals surface area contributed by atoms with Crippen LogP contribution >= 0.6 is 11.3 Å². The van der Waals surface area contributed by atoms with Gasteiger partial charge < -0.3 is 4.90 Å². The van der Waals surface area contributed by atoms with Crippen molar-refractivity contribution in [2.24, 2.45) is 0 Å². The Balaban J connectivity index is 2.09. The smallest absolute Gasteiger partial charge is 0.293 e. The first kappa shape index (κ1) is 14.6. The summed E-state index contributed by atoms with van der Waals surface area (Å²) >= 11 is 1.58. The molecule has 0 aliphatic rings. The van der Waals surface area contributed by atoms with Gasteiger partial charge in [-0.15, -0.1) is 16.4 Å². The molecule has 2 rings (SSSR count). The van der Waals surface area contributed by atoms with Crippen LogP contribution in [0.25, 0.3) is 0 Å². The Kier molecular flexibility index (Phi) is 3.89. The SMILES string of the molecule is Cc1ncc(CN(C)C(=O)c2n[nH]c(C(C)(C)C)n2)s1. The van der Waals surface area contributed by atoms with Crippen molar-refractivity contribution in [2.45, 2.75) is 39.7 Å². The highest BCUT2D eigenvalue weighted by molar-refractivity contribution is 7.11. The lowest BCUT2D eigenvalue weighted by Crippen LogP contribution is -2.27. The van der Waals surface area contributed by atoms with Gasteiger partial charge in [-0.3, -0.25) is 9.89 Å². The van der Waals surface area contributed by atoms with Crippen LogP contribution in [0, 0.1) is 6.92 Å². The molecule has 0 saturated carbocycles. The minimum absolute atomic E-state index is 0.154. The number of aryl methyl sites for hydroxylation is 1. The molecular weight excluding hydrogens is 274 g/mol. The molecule has 2 aromatic rings.